The van der Waals surface area contributed by atoms with E-state index in [0.29, 0.717) is 19.7 Å². The molecule has 0 radical (unpaired) electrons. The number of nitrogens with zero attached hydrogens (tertiary/aromatic N) is 1. The molecule has 1 atom stereocenters. The Hall–Kier alpha value is -2.34. The molecule has 0 saturated carbocycles. The van der Waals surface area contributed by atoms with Crippen molar-refractivity contribution in [2.24, 2.45) is 0 Å². The minimum absolute atomic E-state index is 0.0411. The average Bonchev–Trinajstić information content (AvgIpc) is 2.61. The van der Waals surface area contributed by atoms with Gasteiger partial charge in [0.05, 0.1) is 18.7 Å². The standard InChI is InChI=1S/C19H18F3NO2/c1-13-5-7-14(8-6-13)17-12-23(9-10-25-17)18(24)15-3-2-4-16(11-15)19(20,21)22/h2-8,11,17H,9-10,12H2,1H3. The third-order valence-electron chi connectivity index (χ3n) is 4.24. The molecule has 0 aromatic heterocycles. The van der Waals surface area contributed by atoms with Crippen LogP contribution in [0.2, 0.25) is 0 Å². The Balaban J connectivity index is 1.77. The van der Waals surface area contributed by atoms with E-state index in [1.807, 2.05) is 31.2 Å². The lowest BCUT2D eigenvalue weighted by atomic mass is 10.0. The number of rotatable bonds is 2. The number of halogens is 3. The summed E-state index contributed by atoms with van der Waals surface area (Å²) >= 11 is 0. The molecule has 1 aliphatic heterocycles. The van der Waals surface area contributed by atoms with Crippen LogP contribution in [0, 0.1) is 6.92 Å². The van der Waals surface area contributed by atoms with Crippen LogP contribution in [0.15, 0.2) is 48.5 Å². The summed E-state index contributed by atoms with van der Waals surface area (Å²) in [5, 5.41) is 0. The van der Waals surface area contributed by atoms with Crippen LogP contribution in [0.1, 0.15) is 33.2 Å². The van der Waals surface area contributed by atoms with Gasteiger partial charge in [-0.25, -0.2) is 0 Å². The van der Waals surface area contributed by atoms with E-state index in [4.69, 9.17) is 4.74 Å². The van der Waals surface area contributed by atoms with E-state index >= 15 is 0 Å². The topological polar surface area (TPSA) is 29.5 Å². The van der Waals surface area contributed by atoms with Crippen LogP contribution < -0.4 is 0 Å². The molecule has 1 fully saturated rings. The van der Waals surface area contributed by atoms with Crippen molar-refractivity contribution in [3.8, 4) is 0 Å². The summed E-state index contributed by atoms with van der Waals surface area (Å²) in [5.41, 5.74) is 1.30. The lowest BCUT2D eigenvalue weighted by Crippen LogP contribution is -2.42. The molecule has 25 heavy (non-hydrogen) atoms. The zero-order valence-corrected chi connectivity index (χ0v) is 13.7. The first-order valence-electron chi connectivity index (χ1n) is 7.99. The highest BCUT2D eigenvalue weighted by atomic mass is 19.4. The Morgan fingerprint density at radius 3 is 2.56 bits per heavy atom. The quantitative estimate of drug-likeness (QED) is 0.812. The number of hydrogen-bond donors (Lipinski definition) is 0. The number of benzene rings is 2. The van der Waals surface area contributed by atoms with Crippen molar-refractivity contribution in [1.29, 1.82) is 0 Å². The number of carbonyl (C=O) groups excluding carboxylic acids is 1. The molecule has 0 aliphatic carbocycles. The van der Waals surface area contributed by atoms with Crippen LogP contribution in [0.5, 0.6) is 0 Å². The average molecular weight is 349 g/mol. The predicted octanol–water partition coefficient (Wildman–Crippen LogP) is 4.23. The highest BCUT2D eigenvalue weighted by molar-refractivity contribution is 5.94. The molecule has 6 heteroatoms. The highest BCUT2D eigenvalue weighted by Gasteiger charge is 2.32. The first-order valence-corrected chi connectivity index (χ1v) is 7.99. The number of morpholine rings is 1. The van der Waals surface area contributed by atoms with E-state index < -0.39 is 17.6 Å². The van der Waals surface area contributed by atoms with E-state index in [0.717, 1.165) is 23.3 Å². The smallest absolute Gasteiger partial charge is 0.370 e. The Morgan fingerprint density at radius 2 is 1.88 bits per heavy atom. The number of aryl methyl sites for hydroxylation is 1. The number of hydrogen-bond acceptors (Lipinski definition) is 2. The summed E-state index contributed by atoms with van der Waals surface area (Å²) in [6.45, 7) is 3.01. The molecule has 1 saturated heterocycles. The Labute approximate surface area is 144 Å². The molecule has 2 aromatic rings. The van der Waals surface area contributed by atoms with Gasteiger partial charge in [-0.3, -0.25) is 4.79 Å². The molecule has 0 N–H and O–H groups in total. The van der Waals surface area contributed by atoms with Gasteiger partial charge in [0.2, 0.25) is 0 Å². The first-order chi connectivity index (χ1) is 11.8. The first kappa shape index (κ1) is 17.5. The van der Waals surface area contributed by atoms with E-state index in [1.165, 1.54) is 12.1 Å². The molecule has 1 amide bonds. The molecule has 3 rings (SSSR count). The molecule has 0 spiro atoms. The van der Waals surface area contributed by atoms with Crippen LogP contribution in [0.3, 0.4) is 0 Å². The van der Waals surface area contributed by atoms with Crippen molar-refractivity contribution in [3.05, 3.63) is 70.8 Å². The van der Waals surface area contributed by atoms with Gasteiger partial charge >= 0.3 is 6.18 Å². The highest BCUT2D eigenvalue weighted by Crippen LogP contribution is 2.30. The van der Waals surface area contributed by atoms with Crippen molar-refractivity contribution in [2.75, 3.05) is 19.7 Å². The van der Waals surface area contributed by atoms with Crippen molar-refractivity contribution < 1.29 is 22.7 Å². The molecule has 132 valence electrons. The van der Waals surface area contributed by atoms with Crippen LogP contribution >= 0.6 is 0 Å². The maximum Gasteiger partial charge on any atom is 0.416 e. The molecule has 1 unspecified atom stereocenters. The van der Waals surface area contributed by atoms with Crippen molar-refractivity contribution in [1.82, 2.24) is 4.90 Å². The number of ether oxygens (including phenoxy) is 1. The SMILES string of the molecule is Cc1ccc(C2CN(C(=O)c3cccc(C(F)(F)F)c3)CCO2)cc1. The molecular weight excluding hydrogens is 331 g/mol. The number of alkyl halides is 3. The fourth-order valence-corrected chi connectivity index (χ4v) is 2.83. The van der Waals surface area contributed by atoms with Gasteiger partial charge in [0.1, 0.15) is 6.10 Å². The van der Waals surface area contributed by atoms with Gasteiger partial charge in [0.15, 0.2) is 0 Å². The fraction of sp³-hybridized carbons (Fsp3) is 0.316. The summed E-state index contributed by atoms with van der Waals surface area (Å²) in [6.07, 6.45) is -4.74. The largest absolute Gasteiger partial charge is 0.416 e. The van der Waals surface area contributed by atoms with E-state index in [1.54, 1.807) is 4.90 Å². The predicted molar refractivity (Wildman–Crippen MR) is 87.2 cm³/mol. The normalized spacial score (nSPS) is 18.2. The van der Waals surface area contributed by atoms with Crippen LogP contribution in [0.25, 0.3) is 0 Å². The third kappa shape index (κ3) is 4.02. The number of amides is 1. The Bertz CT molecular complexity index is 756. The van der Waals surface area contributed by atoms with Crippen molar-refractivity contribution in [3.63, 3.8) is 0 Å². The summed E-state index contributed by atoms with van der Waals surface area (Å²) < 4.78 is 44.3. The summed E-state index contributed by atoms with van der Waals surface area (Å²) in [6, 6.07) is 12.3. The molecule has 0 bridgehead atoms. The Morgan fingerprint density at radius 1 is 1.16 bits per heavy atom. The zero-order valence-electron chi connectivity index (χ0n) is 13.7. The third-order valence-corrected chi connectivity index (χ3v) is 4.24. The summed E-state index contributed by atoms with van der Waals surface area (Å²) in [7, 11) is 0. The maximum atomic E-state index is 12.8. The molecule has 2 aromatic carbocycles. The van der Waals surface area contributed by atoms with Crippen LogP contribution in [0.4, 0.5) is 13.2 Å². The van der Waals surface area contributed by atoms with Crippen LogP contribution in [-0.4, -0.2) is 30.5 Å². The molecular formula is C19H18F3NO2. The molecule has 1 aliphatic rings. The van der Waals surface area contributed by atoms with Gasteiger partial charge in [0, 0.05) is 12.1 Å². The lowest BCUT2D eigenvalue weighted by molar-refractivity contribution is -0.137. The minimum atomic E-state index is -4.47. The van der Waals surface area contributed by atoms with Crippen molar-refractivity contribution in [2.45, 2.75) is 19.2 Å². The second-order valence-corrected chi connectivity index (χ2v) is 6.10. The Kier molecular flexibility index (Phi) is 4.81. The monoisotopic (exact) mass is 349 g/mol. The molecule has 3 nitrogen and oxygen atoms in total. The van der Waals surface area contributed by atoms with Gasteiger partial charge in [0.25, 0.3) is 5.91 Å². The maximum absolute atomic E-state index is 12.8. The summed E-state index contributed by atoms with van der Waals surface area (Å²) in [5.74, 6) is -0.411. The van der Waals surface area contributed by atoms with Gasteiger partial charge in [-0.05, 0) is 30.7 Å². The fourth-order valence-electron chi connectivity index (χ4n) is 2.83. The molecule has 1 heterocycles. The lowest BCUT2D eigenvalue weighted by Gasteiger charge is -2.33. The zero-order chi connectivity index (χ0) is 18.0. The minimum Gasteiger partial charge on any atom is -0.370 e. The number of carbonyl (C=O) groups is 1. The van der Waals surface area contributed by atoms with E-state index in [9.17, 15) is 18.0 Å². The second kappa shape index (κ2) is 6.88. The van der Waals surface area contributed by atoms with Gasteiger partial charge < -0.3 is 9.64 Å². The van der Waals surface area contributed by atoms with Gasteiger partial charge in [-0.1, -0.05) is 35.9 Å². The second-order valence-electron chi connectivity index (χ2n) is 6.10. The van der Waals surface area contributed by atoms with E-state index in [-0.39, 0.29) is 11.7 Å². The summed E-state index contributed by atoms with van der Waals surface area (Å²) in [4.78, 5) is 14.2. The van der Waals surface area contributed by atoms with Gasteiger partial charge in [-0.2, -0.15) is 13.2 Å². The van der Waals surface area contributed by atoms with Crippen molar-refractivity contribution >= 4 is 5.91 Å². The van der Waals surface area contributed by atoms with E-state index in [2.05, 4.69) is 0 Å². The van der Waals surface area contributed by atoms with Crippen LogP contribution in [-0.2, 0) is 10.9 Å². The van der Waals surface area contributed by atoms with Gasteiger partial charge in [-0.15, -0.1) is 0 Å².